The summed E-state index contributed by atoms with van der Waals surface area (Å²) < 4.78 is 26.6. The minimum Gasteiger partial charge on any atom is -0.481 e. The summed E-state index contributed by atoms with van der Waals surface area (Å²) in [4.78, 5) is 14.6. The van der Waals surface area contributed by atoms with Gasteiger partial charge in [-0.3, -0.25) is 9.78 Å². The lowest BCUT2D eigenvalue weighted by molar-refractivity contribution is -0.136. The van der Waals surface area contributed by atoms with Crippen LogP contribution in [0, 0.1) is 6.92 Å². The van der Waals surface area contributed by atoms with Gasteiger partial charge in [0.1, 0.15) is 4.90 Å². The molecule has 106 valence electrons. The van der Waals surface area contributed by atoms with Gasteiger partial charge in [-0.15, -0.1) is 0 Å². The fourth-order valence-electron chi connectivity index (χ4n) is 1.83. The van der Waals surface area contributed by atoms with E-state index in [9.17, 15) is 13.2 Å². The fourth-order valence-corrected chi connectivity index (χ4v) is 3.04. The highest BCUT2D eigenvalue weighted by Crippen LogP contribution is 2.21. The smallest absolute Gasteiger partial charge is 0.304 e. The summed E-state index contributed by atoms with van der Waals surface area (Å²) in [5.41, 5.74) is 1.31. The molecule has 0 amide bonds. The Morgan fingerprint density at radius 2 is 2.15 bits per heavy atom. The molecule has 0 saturated heterocycles. The first-order valence-corrected chi connectivity index (χ1v) is 7.45. The van der Waals surface area contributed by atoms with Crippen molar-refractivity contribution in [1.82, 2.24) is 9.71 Å². The minimum absolute atomic E-state index is 0.0559. The molecule has 0 unspecified atom stereocenters. The number of rotatable bonds is 5. The Morgan fingerprint density at radius 3 is 2.85 bits per heavy atom. The third-order valence-electron chi connectivity index (χ3n) is 2.73. The van der Waals surface area contributed by atoms with Gasteiger partial charge in [0.15, 0.2) is 0 Å². The molecule has 2 aromatic rings. The lowest BCUT2D eigenvalue weighted by Crippen LogP contribution is -2.26. The van der Waals surface area contributed by atoms with Gasteiger partial charge in [-0.25, -0.2) is 13.1 Å². The van der Waals surface area contributed by atoms with Gasteiger partial charge in [0.2, 0.25) is 10.0 Å². The molecule has 1 aromatic carbocycles. The zero-order valence-electron chi connectivity index (χ0n) is 10.8. The number of benzene rings is 1. The topological polar surface area (TPSA) is 96.4 Å². The van der Waals surface area contributed by atoms with E-state index < -0.39 is 16.0 Å². The molecule has 0 bridgehead atoms. The zero-order valence-corrected chi connectivity index (χ0v) is 11.6. The van der Waals surface area contributed by atoms with Crippen LogP contribution in [-0.4, -0.2) is 31.0 Å². The van der Waals surface area contributed by atoms with Crippen molar-refractivity contribution in [3.8, 4) is 0 Å². The molecule has 1 aromatic heterocycles. The molecule has 0 aliphatic carbocycles. The Labute approximate surface area is 116 Å². The van der Waals surface area contributed by atoms with Gasteiger partial charge < -0.3 is 5.11 Å². The van der Waals surface area contributed by atoms with E-state index in [0.717, 1.165) is 10.9 Å². The van der Waals surface area contributed by atoms with Gasteiger partial charge in [-0.05, 0) is 24.6 Å². The lowest BCUT2D eigenvalue weighted by Gasteiger charge is -2.08. The highest BCUT2D eigenvalue weighted by molar-refractivity contribution is 7.89. The van der Waals surface area contributed by atoms with Crippen molar-refractivity contribution >= 4 is 26.9 Å². The second-order valence-electron chi connectivity index (χ2n) is 4.38. The number of aromatic nitrogens is 1. The summed E-state index contributed by atoms with van der Waals surface area (Å²) in [6, 6.07) is 6.72. The number of sulfonamides is 1. The molecule has 0 spiro atoms. The number of para-hydroxylation sites is 1. The highest BCUT2D eigenvalue weighted by atomic mass is 32.2. The van der Waals surface area contributed by atoms with Crippen molar-refractivity contribution in [2.75, 3.05) is 6.54 Å². The lowest BCUT2D eigenvalue weighted by atomic mass is 10.2. The summed E-state index contributed by atoms with van der Waals surface area (Å²) in [6.45, 7) is 1.72. The average Bonchev–Trinajstić information content (AvgIpc) is 2.36. The molecule has 20 heavy (non-hydrogen) atoms. The zero-order chi connectivity index (χ0) is 14.8. The van der Waals surface area contributed by atoms with Crippen molar-refractivity contribution in [3.63, 3.8) is 0 Å². The number of nitrogens with zero attached hydrogens (tertiary/aromatic N) is 1. The van der Waals surface area contributed by atoms with Crippen LogP contribution in [0.15, 0.2) is 35.4 Å². The summed E-state index contributed by atoms with van der Waals surface area (Å²) in [6.07, 6.45) is 1.33. The molecular weight excluding hydrogens is 280 g/mol. The molecule has 0 atom stereocenters. The molecule has 0 radical (unpaired) electrons. The second kappa shape index (κ2) is 5.56. The summed E-state index contributed by atoms with van der Waals surface area (Å²) in [5, 5.41) is 9.26. The standard InChI is InChI=1S/C13H14N2O4S/c1-9-7-10-3-2-4-11(13(10)14-8-9)20(18,19)15-6-5-12(16)17/h2-4,7-8,15H,5-6H2,1H3,(H,16,17). The predicted octanol–water partition coefficient (Wildman–Crippen LogP) is 1.30. The van der Waals surface area contributed by atoms with Crippen molar-refractivity contribution < 1.29 is 18.3 Å². The van der Waals surface area contributed by atoms with E-state index in [4.69, 9.17) is 5.11 Å². The Hall–Kier alpha value is -1.99. The number of hydrogen-bond donors (Lipinski definition) is 2. The summed E-state index contributed by atoms with van der Waals surface area (Å²) in [7, 11) is -3.77. The van der Waals surface area contributed by atoms with Gasteiger partial charge >= 0.3 is 5.97 Å². The van der Waals surface area contributed by atoms with Crippen LogP contribution in [-0.2, 0) is 14.8 Å². The highest BCUT2D eigenvalue weighted by Gasteiger charge is 2.18. The number of aliphatic carboxylic acids is 1. The number of aryl methyl sites for hydroxylation is 1. The van der Waals surface area contributed by atoms with Crippen molar-refractivity contribution in [2.24, 2.45) is 0 Å². The van der Waals surface area contributed by atoms with Gasteiger partial charge in [0.25, 0.3) is 0 Å². The molecule has 7 heteroatoms. The summed E-state index contributed by atoms with van der Waals surface area (Å²) in [5.74, 6) is -1.06. The van der Waals surface area contributed by atoms with Crippen LogP contribution in [0.5, 0.6) is 0 Å². The molecule has 1 heterocycles. The van der Waals surface area contributed by atoms with E-state index in [1.54, 1.807) is 18.3 Å². The van der Waals surface area contributed by atoms with Gasteiger partial charge in [-0.1, -0.05) is 12.1 Å². The first kappa shape index (κ1) is 14.4. The maximum absolute atomic E-state index is 12.2. The Morgan fingerprint density at radius 1 is 1.40 bits per heavy atom. The van der Waals surface area contributed by atoms with E-state index in [1.165, 1.54) is 6.07 Å². The third kappa shape index (κ3) is 3.12. The molecule has 0 aliphatic rings. The van der Waals surface area contributed by atoms with Crippen molar-refractivity contribution in [3.05, 3.63) is 36.0 Å². The van der Waals surface area contributed by atoms with Crippen LogP contribution < -0.4 is 4.72 Å². The molecule has 6 nitrogen and oxygen atoms in total. The van der Waals surface area contributed by atoms with Gasteiger partial charge in [-0.2, -0.15) is 0 Å². The number of carboxylic acid groups (broad SMARTS) is 1. The van der Waals surface area contributed by atoms with Crippen LogP contribution in [0.4, 0.5) is 0 Å². The minimum atomic E-state index is -3.77. The van der Waals surface area contributed by atoms with Crippen LogP contribution in [0.3, 0.4) is 0 Å². The number of hydrogen-bond acceptors (Lipinski definition) is 4. The van der Waals surface area contributed by atoms with E-state index in [0.29, 0.717) is 5.52 Å². The number of fused-ring (bicyclic) bond motifs is 1. The number of carboxylic acids is 1. The monoisotopic (exact) mass is 294 g/mol. The maximum atomic E-state index is 12.2. The van der Waals surface area contributed by atoms with E-state index in [1.807, 2.05) is 13.0 Å². The van der Waals surface area contributed by atoms with Gasteiger partial charge in [0.05, 0.1) is 11.9 Å². The molecule has 0 fully saturated rings. The first-order valence-electron chi connectivity index (χ1n) is 5.97. The molecule has 2 rings (SSSR count). The Kier molecular flexibility index (Phi) is 4.01. The number of carbonyl (C=O) groups is 1. The molecule has 2 N–H and O–H groups in total. The van der Waals surface area contributed by atoms with E-state index >= 15 is 0 Å². The van der Waals surface area contributed by atoms with Crippen LogP contribution in [0.1, 0.15) is 12.0 Å². The molecule has 0 aliphatic heterocycles. The van der Waals surface area contributed by atoms with Crippen LogP contribution >= 0.6 is 0 Å². The van der Waals surface area contributed by atoms with Crippen LogP contribution in [0.2, 0.25) is 0 Å². The van der Waals surface area contributed by atoms with Crippen molar-refractivity contribution in [2.45, 2.75) is 18.2 Å². The predicted molar refractivity (Wildman–Crippen MR) is 73.9 cm³/mol. The van der Waals surface area contributed by atoms with E-state index in [2.05, 4.69) is 9.71 Å². The Balaban J connectivity index is 2.39. The van der Waals surface area contributed by atoms with Crippen molar-refractivity contribution in [1.29, 1.82) is 0 Å². The number of nitrogens with one attached hydrogen (secondary N) is 1. The second-order valence-corrected chi connectivity index (χ2v) is 6.12. The van der Waals surface area contributed by atoms with E-state index in [-0.39, 0.29) is 17.9 Å². The fraction of sp³-hybridized carbons (Fsp3) is 0.231. The third-order valence-corrected chi connectivity index (χ3v) is 4.22. The number of pyridine rings is 1. The quantitative estimate of drug-likeness (QED) is 0.866. The van der Waals surface area contributed by atoms with Gasteiger partial charge in [0, 0.05) is 18.1 Å². The van der Waals surface area contributed by atoms with Crippen LogP contribution in [0.25, 0.3) is 10.9 Å². The Bertz CT molecular complexity index is 756. The summed E-state index contributed by atoms with van der Waals surface area (Å²) >= 11 is 0. The maximum Gasteiger partial charge on any atom is 0.304 e. The SMILES string of the molecule is Cc1cnc2c(S(=O)(=O)NCCC(=O)O)cccc2c1. The first-order chi connectivity index (χ1) is 9.40. The normalized spacial score (nSPS) is 11.7. The molecule has 0 saturated carbocycles. The molecular formula is C13H14N2O4S. The largest absolute Gasteiger partial charge is 0.481 e. The average molecular weight is 294 g/mol.